The predicted molar refractivity (Wildman–Crippen MR) is 77.4 cm³/mol. The van der Waals surface area contributed by atoms with Crippen LogP contribution in [0.25, 0.3) is 0 Å². The molecule has 0 aromatic carbocycles. The molecule has 6 nitrogen and oxygen atoms in total. The Bertz CT molecular complexity index is 517. The van der Waals surface area contributed by atoms with Gasteiger partial charge in [0, 0.05) is 38.4 Å². The molecule has 0 aliphatic heterocycles. The summed E-state index contributed by atoms with van der Waals surface area (Å²) in [6, 6.07) is 3.67. The van der Waals surface area contributed by atoms with Gasteiger partial charge in [0.2, 0.25) is 15.9 Å². The van der Waals surface area contributed by atoms with Crippen molar-refractivity contribution in [2.75, 3.05) is 19.3 Å². The highest BCUT2D eigenvalue weighted by Crippen LogP contribution is 2.01. The molecule has 0 radical (unpaired) electrons. The molecule has 1 aromatic rings. The van der Waals surface area contributed by atoms with Gasteiger partial charge in [0.25, 0.3) is 0 Å². The predicted octanol–water partition coefficient (Wildman–Crippen LogP) is 0.760. The van der Waals surface area contributed by atoms with E-state index in [-0.39, 0.29) is 18.9 Å². The molecule has 0 spiro atoms. The molecule has 0 aliphatic rings. The maximum absolute atomic E-state index is 11.7. The van der Waals surface area contributed by atoms with Crippen LogP contribution < -0.4 is 5.32 Å². The zero-order valence-corrected chi connectivity index (χ0v) is 12.7. The molecule has 0 saturated carbocycles. The van der Waals surface area contributed by atoms with Gasteiger partial charge >= 0.3 is 0 Å². The summed E-state index contributed by atoms with van der Waals surface area (Å²) in [5, 5.41) is 2.75. The lowest BCUT2D eigenvalue weighted by molar-refractivity contribution is -0.121. The summed E-state index contributed by atoms with van der Waals surface area (Å²) in [6.45, 7) is 2.96. The number of hydrogen-bond donors (Lipinski definition) is 1. The lowest BCUT2D eigenvalue weighted by Gasteiger charge is -2.18. The number of hydrogen-bond acceptors (Lipinski definition) is 4. The van der Waals surface area contributed by atoms with Gasteiger partial charge in [0.05, 0.1) is 6.26 Å². The number of carbonyl (C=O) groups excluding carboxylic acids is 1. The first-order valence-electron chi connectivity index (χ1n) is 6.54. The van der Waals surface area contributed by atoms with E-state index in [0.717, 1.165) is 18.2 Å². The number of carbonyl (C=O) groups is 1. The summed E-state index contributed by atoms with van der Waals surface area (Å²) >= 11 is 0. The molecule has 0 aliphatic carbocycles. The van der Waals surface area contributed by atoms with Crippen molar-refractivity contribution in [3.05, 3.63) is 30.1 Å². The van der Waals surface area contributed by atoms with E-state index in [4.69, 9.17) is 0 Å². The Morgan fingerprint density at radius 2 is 2.15 bits per heavy atom. The van der Waals surface area contributed by atoms with Crippen LogP contribution in [0.15, 0.2) is 24.5 Å². The Kier molecular flexibility index (Phi) is 6.60. The molecule has 0 saturated heterocycles. The second-order valence-electron chi connectivity index (χ2n) is 4.55. The molecule has 1 rings (SSSR count). The minimum absolute atomic E-state index is 0.160. The average Bonchev–Trinajstić information content (AvgIpc) is 2.41. The van der Waals surface area contributed by atoms with Gasteiger partial charge in [-0.2, -0.15) is 0 Å². The molecular formula is C13H21N3O3S. The molecule has 1 heterocycles. The van der Waals surface area contributed by atoms with Crippen LogP contribution in [0.2, 0.25) is 0 Å². The first-order chi connectivity index (χ1) is 9.43. The fourth-order valence-corrected chi connectivity index (χ4v) is 2.65. The second-order valence-corrected chi connectivity index (χ2v) is 6.53. The number of nitrogens with zero attached hydrogens (tertiary/aromatic N) is 2. The highest BCUT2D eigenvalue weighted by atomic mass is 32.2. The van der Waals surface area contributed by atoms with Gasteiger partial charge in [-0.3, -0.25) is 9.78 Å². The maximum Gasteiger partial charge on any atom is 0.221 e. The number of aromatic nitrogens is 1. The maximum atomic E-state index is 11.7. The Balaban J connectivity index is 2.38. The average molecular weight is 299 g/mol. The Morgan fingerprint density at radius 3 is 2.70 bits per heavy atom. The zero-order chi connectivity index (χ0) is 15.0. The van der Waals surface area contributed by atoms with Gasteiger partial charge < -0.3 is 5.32 Å². The fourth-order valence-electron chi connectivity index (χ4n) is 1.71. The molecule has 1 N–H and O–H groups in total. The van der Waals surface area contributed by atoms with E-state index in [1.165, 1.54) is 4.31 Å². The van der Waals surface area contributed by atoms with Crippen molar-refractivity contribution in [2.45, 2.75) is 26.3 Å². The first kappa shape index (κ1) is 16.6. The van der Waals surface area contributed by atoms with E-state index in [1.54, 1.807) is 18.5 Å². The van der Waals surface area contributed by atoms with E-state index in [9.17, 15) is 13.2 Å². The van der Waals surface area contributed by atoms with Crippen molar-refractivity contribution < 1.29 is 13.2 Å². The molecule has 0 atom stereocenters. The van der Waals surface area contributed by atoms with E-state index < -0.39 is 10.0 Å². The van der Waals surface area contributed by atoms with Crippen LogP contribution in [0, 0.1) is 0 Å². The zero-order valence-electron chi connectivity index (χ0n) is 11.9. The summed E-state index contributed by atoms with van der Waals surface area (Å²) < 4.78 is 24.3. The van der Waals surface area contributed by atoms with Crippen LogP contribution in [0.1, 0.15) is 25.3 Å². The molecule has 112 valence electrons. The smallest absolute Gasteiger partial charge is 0.221 e. The lowest BCUT2D eigenvalue weighted by Crippen LogP contribution is -2.35. The largest absolute Gasteiger partial charge is 0.352 e. The van der Waals surface area contributed by atoms with Crippen molar-refractivity contribution in [2.24, 2.45) is 0 Å². The monoisotopic (exact) mass is 299 g/mol. The summed E-state index contributed by atoms with van der Waals surface area (Å²) in [7, 11) is -3.25. The van der Waals surface area contributed by atoms with Crippen LogP contribution in [-0.4, -0.2) is 43.0 Å². The number of nitrogens with one attached hydrogen (secondary N) is 1. The first-order valence-corrected chi connectivity index (χ1v) is 8.39. The molecule has 7 heteroatoms. The molecule has 0 fully saturated rings. The minimum Gasteiger partial charge on any atom is -0.352 e. The van der Waals surface area contributed by atoms with Gasteiger partial charge in [-0.15, -0.1) is 0 Å². The van der Waals surface area contributed by atoms with Gasteiger partial charge in [-0.05, 0) is 18.1 Å². The third kappa shape index (κ3) is 6.12. The number of amides is 1. The minimum atomic E-state index is -3.25. The highest BCUT2D eigenvalue weighted by Gasteiger charge is 2.16. The topological polar surface area (TPSA) is 79.4 Å². The molecule has 0 unspecified atom stereocenters. The number of rotatable bonds is 8. The summed E-state index contributed by atoms with van der Waals surface area (Å²) in [4.78, 5) is 15.7. The summed E-state index contributed by atoms with van der Waals surface area (Å²) in [5.74, 6) is -0.168. The van der Waals surface area contributed by atoms with Crippen molar-refractivity contribution in [1.82, 2.24) is 14.6 Å². The van der Waals surface area contributed by atoms with Crippen LogP contribution in [0.5, 0.6) is 0 Å². The molecule has 20 heavy (non-hydrogen) atoms. The van der Waals surface area contributed by atoms with Gasteiger partial charge in [0.1, 0.15) is 0 Å². The van der Waals surface area contributed by atoms with Gasteiger partial charge in [-0.1, -0.05) is 13.0 Å². The third-order valence-corrected chi connectivity index (χ3v) is 4.05. The van der Waals surface area contributed by atoms with Crippen molar-refractivity contribution in [1.29, 1.82) is 0 Å². The van der Waals surface area contributed by atoms with E-state index in [2.05, 4.69) is 10.3 Å². The standard InChI is InChI=1S/C13H21N3O3S/c1-3-8-16(20(2,18)19)9-6-13(17)15-11-12-5-4-7-14-10-12/h4-5,7,10H,3,6,8-9,11H2,1-2H3,(H,15,17). The van der Waals surface area contributed by atoms with Crippen LogP contribution >= 0.6 is 0 Å². The summed E-state index contributed by atoms with van der Waals surface area (Å²) in [5.41, 5.74) is 0.911. The summed E-state index contributed by atoms with van der Waals surface area (Å²) in [6.07, 6.45) is 5.40. The van der Waals surface area contributed by atoms with Crippen LogP contribution in [0.3, 0.4) is 0 Å². The van der Waals surface area contributed by atoms with Crippen molar-refractivity contribution in [3.63, 3.8) is 0 Å². The van der Waals surface area contributed by atoms with Gasteiger partial charge in [-0.25, -0.2) is 12.7 Å². The van der Waals surface area contributed by atoms with Gasteiger partial charge in [0.15, 0.2) is 0 Å². The molecule has 1 amide bonds. The van der Waals surface area contributed by atoms with E-state index in [0.29, 0.717) is 13.1 Å². The van der Waals surface area contributed by atoms with Crippen molar-refractivity contribution >= 4 is 15.9 Å². The molecule has 1 aromatic heterocycles. The van der Waals surface area contributed by atoms with Crippen LogP contribution in [0.4, 0.5) is 0 Å². The third-order valence-electron chi connectivity index (χ3n) is 2.74. The Labute approximate surface area is 120 Å². The Morgan fingerprint density at radius 1 is 1.40 bits per heavy atom. The SMILES string of the molecule is CCCN(CCC(=O)NCc1cccnc1)S(C)(=O)=O. The number of pyridine rings is 1. The highest BCUT2D eigenvalue weighted by molar-refractivity contribution is 7.88. The Hall–Kier alpha value is -1.47. The number of sulfonamides is 1. The second kappa shape index (κ2) is 7.96. The van der Waals surface area contributed by atoms with Crippen molar-refractivity contribution in [3.8, 4) is 0 Å². The van der Waals surface area contributed by atoms with E-state index in [1.807, 2.05) is 13.0 Å². The van der Waals surface area contributed by atoms with Crippen LogP contribution in [-0.2, 0) is 21.4 Å². The normalized spacial score (nSPS) is 11.6. The molecular weight excluding hydrogens is 278 g/mol. The quantitative estimate of drug-likeness (QED) is 0.768. The fraction of sp³-hybridized carbons (Fsp3) is 0.538. The lowest BCUT2D eigenvalue weighted by atomic mass is 10.3. The molecule has 0 bridgehead atoms. The van der Waals surface area contributed by atoms with E-state index >= 15 is 0 Å².